The molecule has 0 radical (unpaired) electrons. The molecular weight excluding hydrogens is 244 g/mol. The van der Waals surface area contributed by atoms with E-state index < -0.39 is 5.41 Å². The van der Waals surface area contributed by atoms with E-state index in [0.717, 1.165) is 5.56 Å². The lowest BCUT2D eigenvalue weighted by atomic mass is 9.96. The number of nitrogens with one attached hydrogen (secondary N) is 1. The van der Waals surface area contributed by atoms with E-state index in [0.29, 0.717) is 11.7 Å². The number of carbonyl (C=O) groups excluding carboxylic acids is 1. The molecule has 2 aromatic rings. The van der Waals surface area contributed by atoms with Crippen molar-refractivity contribution in [2.75, 3.05) is 0 Å². The average Bonchev–Trinajstić information content (AvgIpc) is 2.84. The van der Waals surface area contributed by atoms with Crippen LogP contribution in [0.5, 0.6) is 0 Å². The van der Waals surface area contributed by atoms with Crippen molar-refractivity contribution in [3.8, 4) is 11.4 Å². The van der Waals surface area contributed by atoms with Gasteiger partial charge in [-0.15, -0.1) is 0 Å². The third-order valence-corrected chi connectivity index (χ3v) is 2.49. The Morgan fingerprint density at radius 2 is 2.00 bits per heavy atom. The van der Waals surface area contributed by atoms with E-state index >= 15 is 0 Å². The number of pyridine rings is 1. The molecule has 19 heavy (non-hydrogen) atoms. The van der Waals surface area contributed by atoms with Crippen molar-refractivity contribution in [3.63, 3.8) is 0 Å². The van der Waals surface area contributed by atoms with E-state index in [9.17, 15) is 4.79 Å². The second kappa shape index (κ2) is 5.17. The zero-order chi connectivity index (χ0) is 13.9. The minimum atomic E-state index is -0.437. The largest absolute Gasteiger partial charge is 0.347 e. The summed E-state index contributed by atoms with van der Waals surface area (Å²) in [6.45, 7) is 5.77. The van der Waals surface area contributed by atoms with E-state index in [1.807, 2.05) is 20.8 Å². The lowest BCUT2D eigenvalue weighted by Crippen LogP contribution is -2.34. The van der Waals surface area contributed by atoms with Crippen molar-refractivity contribution in [3.05, 3.63) is 30.4 Å². The zero-order valence-corrected chi connectivity index (χ0v) is 11.2. The molecule has 100 valence electrons. The maximum atomic E-state index is 11.7. The highest BCUT2D eigenvalue weighted by atomic mass is 16.5. The van der Waals surface area contributed by atoms with E-state index in [2.05, 4.69) is 20.4 Å². The van der Waals surface area contributed by atoms with Crippen LogP contribution in [0, 0.1) is 5.41 Å². The standard InChI is InChI=1S/C13H16N4O2/c1-13(2,3)12(18)15-8-10-16-11(17-19-10)9-4-6-14-7-5-9/h4-7H,8H2,1-3H3,(H,15,18). The Labute approximate surface area is 111 Å². The van der Waals surface area contributed by atoms with Crippen molar-refractivity contribution in [1.82, 2.24) is 20.4 Å². The second-order valence-electron chi connectivity index (χ2n) is 5.18. The van der Waals surface area contributed by atoms with Crippen LogP contribution in [0.15, 0.2) is 29.0 Å². The van der Waals surface area contributed by atoms with Gasteiger partial charge in [-0.1, -0.05) is 25.9 Å². The summed E-state index contributed by atoms with van der Waals surface area (Å²) >= 11 is 0. The number of hydrogen-bond acceptors (Lipinski definition) is 5. The van der Waals surface area contributed by atoms with Gasteiger partial charge in [0, 0.05) is 23.4 Å². The Hall–Kier alpha value is -2.24. The molecule has 0 aromatic carbocycles. The van der Waals surface area contributed by atoms with Gasteiger partial charge < -0.3 is 9.84 Å². The minimum absolute atomic E-state index is 0.0591. The van der Waals surface area contributed by atoms with Gasteiger partial charge in [-0.25, -0.2) is 0 Å². The Kier molecular flexibility index (Phi) is 3.59. The third kappa shape index (κ3) is 3.37. The number of hydrogen-bond donors (Lipinski definition) is 1. The SMILES string of the molecule is CC(C)(C)C(=O)NCc1nc(-c2ccncc2)no1. The quantitative estimate of drug-likeness (QED) is 0.910. The van der Waals surface area contributed by atoms with Gasteiger partial charge in [0.2, 0.25) is 17.6 Å². The van der Waals surface area contributed by atoms with E-state index in [1.165, 1.54) is 0 Å². The molecule has 0 aliphatic carbocycles. The normalized spacial score (nSPS) is 11.3. The number of aromatic nitrogens is 3. The molecule has 2 rings (SSSR count). The second-order valence-corrected chi connectivity index (χ2v) is 5.18. The molecule has 0 unspecified atom stereocenters. The van der Waals surface area contributed by atoms with Crippen LogP contribution in [0.4, 0.5) is 0 Å². The molecular formula is C13H16N4O2. The van der Waals surface area contributed by atoms with Gasteiger partial charge in [0.25, 0.3) is 0 Å². The lowest BCUT2D eigenvalue weighted by molar-refractivity contribution is -0.128. The Bertz CT molecular complexity index is 558. The van der Waals surface area contributed by atoms with Gasteiger partial charge in [0.05, 0.1) is 6.54 Å². The van der Waals surface area contributed by atoms with Crippen LogP contribution in [-0.2, 0) is 11.3 Å². The molecule has 6 heteroatoms. The first-order valence-electron chi connectivity index (χ1n) is 5.98. The van der Waals surface area contributed by atoms with Crippen molar-refractivity contribution < 1.29 is 9.32 Å². The first-order valence-corrected chi connectivity index (χ1v) is 5.98. The van der Waals surface area contributed by atoms with Crippen LogP contribution in [0.25, 0.3) is 11.4 Å². The van der Waals surface area contributed by atoms with Crippen LogP contribution in [0.1, 0.15) is 26.7 Å². The molecule has 0 bridgehead atoms. The van der Waals surface area contributed by atoms with Crippen LogP contribution >= 0.6 is 0 Å². The number of carbonyl (C=O) groups is 1. The van der Waals surface area contributed by atoms with Crippen molar-refractivity contribution in [2.24, 2.45) is 5.41 Å². The lowest BCUT2D eigenvalue weighted by Gasteiger charge is -2.16. The molecule has 1 N–H and O–H groups in total. The fourth-order valence-electron chi connectivity index (χ4n) is 1.37. The Morgan fingerprint density at radius 3 is 2.63 bits per heavy atom. The Balaban J connectivity index is 2.01. The van der Waals surface area contributed by atoms with Crippen molar-refractivity contribution >= 4 is 5.91 Å². The minimum Gasteiger partial charge on any atom is -0.347 e. The summed E-state index contributed by atoms with van der Waals surface area (Å²) in [6, 6.07) is 3.59. The van der Waals surface area contributed by atoms with Crippen LogP contribution in [0.2, 0.25) is 0 Å². The molecule has 0 aliphatic rings. The number of amides is 1. The van der Waals surface area contributed by atoms with Gasteiger partial charge in [-0.3, -0.25) is 9.78 Å². The molecule has 0 fully saturated rings. The summed E-state index contributed by atoms with van der Waals surface area (Å²) in [4.78, 5) is 19.8. The van der Waals surface area contributed by atoms with Gasteiger partial charge in [-0.2, -0.15) is 4.98 Å². The molecule has 0 spiro atoms. The molecule has 6 nitrogen and oxygen atoms in total. The maximum Gasteiger partial charge on any atom is 0.246 e. The van der Waals surface area contributed by atoms with Crippen LogP contribution in [0.3, 0.4) is 0 Å². The maximum absolute atomic E-state index is 11.7. The first-order chi connectivity index (χ1) is 8.97. The number of nitrogens with zero attached hydrogens (tertiary/aromatic N) is 3. The van der Waals surface area contributed by atoms with Crippen molar-refractivity contribution in [1.29, 1.82) is 0 Å². The van der Waals surface area contributed by atoms with Crippen LogP contribution in [-0.4, -0.2) is 21.0 Å². The molecule has 0 saturated carbocycles. The Morgan fingerprint density at radius 1 is 1.32 bits per heavy atom. The summed E-state index contributed by atoms with van der Waals surface area (Å²) in [5.74, 6) is 0.808. The number of rotatable bonds is 3. The van der Waals surface area contributed by atoms with Gasteiger partial charge in [-0.05, 0) is 12.1 Å². The monoisotopic (exact) mass is 260 g/mol. The molecule has 2 heterocycles. The molecule has 0 atom stereocenters. The van der Waals surface area contributed by atoms with E-state index in [1.54, 1.807) is 24.5 Å². The summed E-state index contributed by atoms with van der Waals surface area (Å²) in [5, 5.41) is 6.62. The fraction of sp³-hybridized carbons (Fsp3) is 0.385. The highest BCUT2D eigenvalue weighted by Crippen LogP contribution is 2.15. The third-order valence-electron chi connectivity index (χ3n) is 2.49. The fourth-order valence-corrected chi connectivity index (χ4v) is 1.37. The zero-order valence-electron chi connectivity index (χ0n) is 11.2. The molecule has 0 saturated heterocycles. The summed E-state index contributed by atoms with van der Waals surface area (Å²) < 4.78 is 5.09. The summed E-state index contributed by atoms with van der Waals surface area (Å²) in [5.41, 5.74) is 0.390. The van der Waals surface area contributed by atoms with Gasteiger partial charge in [0.1, 0.15) is 0 Å². The van der Waals surface area contributed by atoms with E-state index in [-0.39, 0.29) is 12.5 Å². The van der Waals surface area contributed by atoms with Crippen molar-refractivity contribution in [2.45, 2.75) is 27.3 Å². The highest BCUT2D eigenvalue weighted by Gasteiger charge is 2.21. The molecule has 2 aromatic heterocycles. The predicted octanol–water partition coefficient (Wildman–Crippen LogP) is 1.79. The van der Waals surface area contributed by atoms with Gasteiger partial charge >= 0.3 is 0 Å². The highest BCUT2D eigenvalue weighted by molar-refractivity contribution is 5.81. The average molecular weight is 260 g/mol. The summed E-state index contributed by atoms with van der Waals surface area (Å²) in [7, 11) is 0. The summed E-state index contributed by atoms with van der Waals surface area (Å²) in [6.07, 6.45) is 3.32. The molecule has 0 aliphatic heterocycles. The predicted molar refractivity (Wildman–Crippen MR) is 68.8 cm³/mol. The molecule has 1 amide bonds. The van der Waals surface area contributed by atoms with E-state index in [4.69, 9.17) is 4.52 Å². The van der Waals surface area contributed by atoms with Crippen LogP contribution < -0.4 is 5.32 Å². The topological polar surface area (TPSA) is 80.9 Å². The smallest absolute Gasteiger partial charge is 0.246 e. The van der Waals surface area contributed by atoms with Gasteiger partial charge in [0.15, 0.2) is 0 Å². The first kappa shape index (κ1) is 13.2.